The Labute approximate surface area is 118 Å². The first-order chi connectivity index (χ1) is 8.68. The van der Waals surface area contributed by atoms with Crippen LogP contribution in [-0.2, 0) is 0 Å². The number of nitrogens with zero attached hydrogens (tertiary/aromatic N) is 3. The van der Waals surface area contributed by atoms with Gasteiger partial charge in [-0.2, -0.15) is 0 Å². The van der Waals surface area contributed by atoms with Gasteiger partial charge in [0.1, 0.15) is 5.52 Å². The average molecular weight is 292 g/mol. The summed E-state index contributed by atoms with van der Waals surface area (Å²) in [5.74, 6) is 0. The van der Waals surface area contributed by atoms with E-state index in [9.17, 15) is 0 Å². The van der Waals surface area contributed by atoms with Gasteiger partial charge in [-0.1, -0.05) is 56.6 Å². The van der Waals surface area contributed by atoms with Crippen LogP contribution in [0.5, 0.6) is 0 Å². The quantitative estimate of drug-likeness (QED) is 0.791. The lowest BCUT2D eigenvalue weighted by atomic mass is 10.3. The van der Waals surface area contributed by atoms with Gasteiger partial charge >= 0.3 is 0 Å². The van der Waals surface area contributed by atoms with Crippen molar-refractivity contribution in [3.8, 4) is 0 Å². The van der Waals surface area contributed by atoms with Gasteiger partial charge in [0.15, 0.2) is 0 Å². The highest BCUT2D eigenvalue weighted by molar-refractivity contribution is 6.81. The molecule has 0 aliphatic rings. The van der Waals surface area contributed by atoms with Crippen molar-refractivity contribution in [3.05, 3.63) is 24.3 Å². The molecule has 0 bridgehead atoms. The van der Waals surface area contributed by atoms with Crippen LogP contribution >= 0.6 is 0 Å². The third-order valence-electron chi connectivity index (χ3n) is 3.48. The first-order valence-corrected chi connectivity index (χ1v) is 14.3. The summed E-state index contributed by atoms with van der Waals surface area (Å²) in [4.78, 5) is 0. The standard InChI is InChI=1S/C14H25N3Si2/c1-18(2,3)11-14(19(4,5)6)17-13-10-8-7-9-12(13)15-16-17/h7-10,14H,11H2,1-6H3. The zero-order valence-corrected chi connectivity index (χ0v) is 14.9. The van der Waals surface area contributed by atoms with Gasteiger partial charge in [-0.05, 0) is 18.2 Å². The Hall–Kier alpha value is -0.946. The summed E-state index contributed by atoms with van der Waals surface area (Å²) in [6, 6.07) is 9.60. The van der Waals surface area contributed by atoms with Crippen molar-refractivity contribution < 1.29 is 0 Å². The van der Waals surface area contributed by atoms with Crippen LogP contribution in [0.2, 0.25) is 45.3 Å². The number of aromatic nitrogens is 3. The van der Waals surface area contributed by atoms with Crippen LogP contribution in [0.3, 0.4) is 0 Å². The van der Waals surface area contributed by atoms with Gasteiger partial charge in [0.05, 0.1) is 13.6 Å². The van der Waals surface area contributed by atoms with Crippen LogP contribution in [0.15, 0.2) is 24.3 Å². The van der Waals surface area contributed by atoms with Crippen molar-refractivity contribution in [2.24, 2.45) is 0 Å². The second-order valence-corrected chi connectivity index (χ2v) is 18.6. The highest BCUT2D eigenvalue weighted by Gasteiger charge is 2.34. The fourth-order valence-corrected chi connectivity index (χ4v) is 9.00. The molecule has 1 aromatic carbocycles. The molecule has 0 aliphatic carbocycles. The molecule has 3 nitrogen and oxygen atoms in total. The molecule has 0 saturated heterocycles. The minimum absolute atomic E-state index is 0.548. The Kier molecular flexibility index (Phi) is 3.70. The van der Waals surface area contributed by atoms with Crippen LogP contribution < -0.4 is 0 Å². The smallest absolute Gasteiger partial charge is 0.113 e. The summed E-state index contributed by atoms with van der Waals surface area (Å²) in [7, 11) is -2.45. The molecule has 2 aromatic rings. The molecule has 0 saturated carbocycles. The lowest BCUT2D eigenvalue weighted by Crippen LogP contribution is -2.40. The average Bonchev–Trinajstić information content (AvgIpc) is 2.66. The van der Waals surface area contributed by atoms with E-state index in [1.54, 1.807) is 0 Å². The summed E-state index contributed by atoms with van der Waals surface area (Å²) in [6.45, 7) is 14.6. The van der Waals surface area contributed by atoms with E-state index in [-0.39, 0.29) is 0 Å². The van der Waals surface area contributed by atoms with Gasteiger partial charge in [-0.3, -0.25) is 0 Å². The number of rotatable bonds is 4. The normalized spacial score (nSPS) is 14.8. The largest absolute Gasteiger partial charge is 0.245 e. The van der Waals surface area contributed by atoms with E-state index < -0.39 is 16.1 Å². The van der Waals surface area contributed by atoms with Gasteiger partial charge < -0.3 is 0 Å². The molecule has 104 valence electrons. The van der Waals surface area contributed by atoms with Gasteiger partial charge in [0.2, 0.25) is 0 Å². The first kappa shape index (κ1) is 14.5. The molecule has 5 heteroatoms. The molecule has 0 N–H and O–H groups in total. The zero-order chi connectivity index (χ0) is 14.3. The predicted molar refractivity (Wildman–Crippen MR) is 88.1 cm³/mol. The number of benzene rings is 1. The molecular weight excluding hydrogens is 266 g/mol. The Bertz CT molecular complexity index is 564. The second-order valence-electron chi connectivity index (χ2n) is 7.67. The van der Waals surface area contributed by atoms with Gasteiger partial charge in [0.25, 0.3) is 0 Å². The highest BCUT2D eigenvalue weighted by Crippen LogP contribution is 2.31. The van der Waals surface area contributed by atoms with Gasteiger partial charge in [-0.15, -0.1) is 5.10 Å². The maximum atomic E-state index is 4.47. The van der Waals surface area contributed by atoms with Crippen LogP contribution in [-0.4, -0.2) is 31.1 Å². The maximum Gasteiger partial charge on any atom is 0.113 e. The Morgan fingerprint density at radius 1 is 1.05 bits per heavy atom. The van der Waals surface area contributed by atoms with Gasteiger partial charge in [-0.25, -0.2) is 4.68 Å². The summed E-state index contributed by atoms with van der Waals surface area (Å²) < 4.78 is 2.21. The monoisotopic (exact) mass is 291 g/mol. The Morgan fingerprint density at radius 2 is 1.68 bits per heavy atom. The molecule has 1 aromatic heterocycles. The van der Waals surface area contributed by atoms with E-state index in [0.29, 0.717) is 5.67 Å². The topological polar surface area (TPSA) is 30.7 Å². The van der Waals surface area contributed by atoms with Crippen molar-refractivity contribution >= 4 is 27.2 Å². The van der Waals surface area contributed by atoms with Crippen molar-refractivity contribution in [2.75, 3.05) is 0 Å². The molecule has 1 heterocycles. The number of para-hydroxylation sites is 1. The van der Waals surface area contributed by atoms with Crippen LogP contribution in [0.1, 0.15) is 5.67 Å². The Balaban J connectivity index is 2.49. The maximum absolute atomic E-state index is 4.47. The van der Waals surface area contributed by atoms with E-state index in [1.165, 1.54) is 11.6 Å². The number of hydrogen-bond acceptors (Lipinski definition) is 2. The minimum Gasteiger partial charge on any atom is -0.245 e. The van der Waals surface area contributed by atoms with Crippen molar-refractivity contribution in [1.29, 1.82) is 0 Å². The van der Waals surface area contributed by atoms with Crippen LogP contribution in [0.25, 0.3) is 11.0 Å². The first-order valence-electron chi connectivity index (χ1n) is 6.98. The van der Waals surface area contributed by atoms with Crippen molar-refractivity contribution in [1.82, 2.24) is 15.0 Å². The van der Waals surface area contributed by atoms with E-state index in [0.717, 1.165) is 5.52 Å². The van der Waals surface area contributed by atoms with Crippen LogP contribution in [0, 0.1) is 0 Å². The van der Waals surface area contributed by atoms with E-state index in [4.69, 9.17) is 0 Å². The predicted octanol–water partition coefficient (Wildman–Crippen LogP) is 4.19. The van der Waals surface area contributed by atoms with E-state index in [2.05, 4.69) is 72.5 Å². The third kappa shape index (κ3) is 3.33. The molecule has 19 heavy (non-hydrogen) atoms. The summed E-state index contributed by atoms with van der Waals surface area (Å²) >= 11 is 0. The molecule has 0 radical (unpaired) electrons. The SMILES string of the molecule is C[Si](C)(C)CC(n1nnc2ccccc21)[Si](C)(C)C. The summed E-state index contributed by atoms with van der Waals surface area (Å²) in [5, 5.41) is 8.80. The van der Waals surface area contributed by atoms with E-state index in [1.807, 2.05) is 6.07 Å². The van der Waals surface area contributed by atoms with Crippen LogP contribution in [0.4, 0.5) is 0 Å². The zero-order valence-electron chi connectivity index (χ0n) is 12.9. The molecule has 1 atom stereocenters. The molecule has 0 amide bonds. The highest BCUT2D eigenvalue weighted by atomic mass is 28.3. The Morgan fingerprint density at radius 3 is 2.26 bits per heavy atom. The molecule has 0 spiro atoms. The van der Waals surface area contributed by atoms with Crippen molar-refractivity contribution in [2.45, 2.75) is 51.0 Å². The van der Waals surface area contributed by atoms with Crippen molar-refractivity contribution in [3.63, 3.8) is 0 Å². The molecule has 0 aliphatic heterocycles. The third-order valence-corrected chi connectivity index (χ3v) is 7.95. The minimum atomic E-state index is -1.32. The lowest BCUT2D eigenvalue weighted by Gasteiger charge is -2.33. The fraction of sp³-hybridized carbons (Fsp3) is 0.571. The fourth-order valence-electron chi connectivity index (χ4n) is 2.46. The molecular formula is C14H25N3Si2. The van der Waals surface area contributed by atoms with E-state index >= 15 is 0 Å². The summed E-state index contributed by atoms with van der Waals surface area (Å²) in [6.07, 6.45) is 0. The number of hydrogen-bond donors (Lipinski definition) is 0. The molecule has 0 fully saturated rings. The van der Waals surface area contributed by atoms with Gasteiger partial charge in [0, 0.05) is 13.7 Å². The second kappa shape index (κ2) is 4.87. The lowest BCUT2D eigenvalue weighted by molar-refractivity contribution is 0.596. The molecule has 2 rings (SSSR count). The number of fused-ring (bicyclic) bond motifs is 1. The summed E-state index contributed by atoms with van der Waals surface area (Å²) in [5.41, 5.74) is 2.75. The molecule has 1 unspecified atom stereocenters.